The quantitative estimate of drug-likeness (QED) is 0.588. The third-order valence-corrected chi connectivity index (χ3v) is 6.97. The summed E-state index contributed by atoms with van der Waals surface area (Å²) in [4.78, 5) is 17.5. The number of aliphatic hydroxyl groups is 1. The highest BCUT2D eigenvalue weighted by Crippen LogP contribution is 2.59. The summed E-state index contributed by atoms with van der Waals surface area (Å²) in [5.41, 5.74) is 3.44. The molecule has 1 heterocycles. The molecule has 1 saturated carbocycles. The molecule has 1 spiro atoms. The summed E-state index contributed by atoms with van der Waals surface area (Å²) in [7, 11) is 0. The number of aryl methyl sites for hydroxylation is 3. The molecule has 4 heteroatoms. The molecule has 5 rings (SSSR count). The average molecular weight is 413 g/mol. The van der Waals surface area contributed by atoms with Crippen LogP contribution in [0.3, 0.4) is 0 Å². The smallest absolute Gasteiger partial charge is 0.332 e. The van der Waals surface area contributed by atoms with E-state index in [0.717, 1.165) is 47.2 Å². The first-order chi connectivity index (χ1) is 14.9. The van der Waals surface area contributed by atoms with Crippen molar-refractivity contribution in [1.29, 1.82) is 0 Å². The number of amides is 2. The SMILES string of the molecule is Cc1ccc(N2C(=O)N(c3ccc(C)cc3)C(O)(c3cccc(C)c3)C23CCC3)cc1. The molecule has 4 nitrogen and oxygen atoms in total. The van der Waals surface area contributed by atoms with E-state index in [1.54, 1.807) is 4.90 Å². The second-order valence-electron chi connectivity index (χ2n) is 9.05. The van der Waals surface area contributed by atoms with Crippen LogP contribution < -0.4 is 9.80 Å². The Labute approximate surface area is 183 Å². The van der Waals surface area contributed by atoms with Crippen molar-refractivity contribution >= 4 is 17.4 Å². The van der Waals surface area contributed by atoms with Crippen molar-refractivity contribution in [2.45, 2.75) is 51.3 Å². The van der Waals surface area contributed by atoms with Gasteiger partial charge in [-0.15, -0.1) is 0 Å². The minimum atomic E-state index is -1.46. The molecule has 2 amide bonds. The molecule has 158 valence electrons. The second kappa shape index (κ2) is 6.96. The minimum absolute atomic E-state index is 0.184. The number of hydrogen-bond donors (Lipinski definition) is 1. The summed E-state index contributed by atoms with van der Waals surface area (Å²) >= 11 is 0. The van der Waals surface area contributed by atoms with Crippen molar-refractivity contribution in [2.75, 3.05) is 9.80 Å². The number of benzene rings is 3. The Morgan fingerprint density at radius 3 is 1.77 bits per heavy atom. The highest BCUT2D eigenvalue weighted by Gasteiger charge is 2.70. The van der Waals surface area contributed by atoms with Gasteiger partial charge in [0.05, 0.1) is 0 Å². The monoisotopic (exact) mass is 412 g/mol. The molecule has 1 aliphatic carbocycles. The van der Waals surface area contributed by atoms with Gasteiger partial charge in [0.1, 0.15) is 5.54 Å². The van der Waals surface area contributed by atoms with Crippen molar-refractivity contribution in [3.8, 4) is 0 Å². The molecule has 0 bridgehead atoms. The number of nitrogens with zero attached hydrogens (tertiary/aromatic N) is 2. The molecule has 1 N–H and O–H groups in total. The molecular formula is C27H28N2O2. The Bertz CT molecular complexity index is 1130. The van der Waals surface area contributed by atoms with E-state index in [2.05, 4.69) is 0 Å². The first-order valence-electron chi connectivity index (χ1n) is 10.9. The molecule has 31 heavy (non-hydrogen) atoms. The van der Waals surface area contributed by atoms with Crippen molar-refractivity contribution in [2.24, 2.45) is 0 Å². The fraction of sp³-hybridized carbons (Fsp3) is 0.296. The molecule has 1 aliphatic heterocycles. The van der Waals surface area contributed by atoms with Gasteiger partial charge in [0.15, 0.2) is 5.72 Å². The fourth-order valence-corrected chi connectivity index (χ4v) is 5.17. The van der Waals surface area contributed by atoms with Gasteiger partial charge in [0, 0.05) is 16.9 Å². The van der Waals surface area contributed by atoms with Gasteiger partial charge >= 0.3 is 6.03 Å². The molecule has 2 aliphatic rings. The molecule has 0 aromatic heterocycles. The molecule has 3 aromatic carbocycles. The van der Waals surface area contributed by atoms with Crippen LogP contribution in [0.5, 0.6) is 0 Å². The Morgan fingerprint density at radius 1 is 0.742 bits per heavy atom. The standard InChI is InChI=1S/C27H28N2O2/c1-19-8-12-23(13-9-19)28-25(30)29(24-14-10-20(2)11-15-24)27(31,26(28)16-5-17-26)22-7-4-6-21(3)18-22/h4,6-15,18,31H,5,16-17H2,1-3H3. The van der Waals surface area contributed by atoms with Crippen LogP contribution >= 0.6 is 0 Å². The van der Waals surface area contributed by atoms with Crippen molar-refractivity contribution in [1.82, 2.24) is 0 Å². The molecule has 2 fully saturated rings. The van der Waals surface area contributed by atoms with Crippen LogP contribution in [-0.4, -0.2) is 16.7 Å². The largest absolute Gasteiger partial charge is 0.364 e. The summed E-state index contributed by atoms with van der Waals surface area (Å²) in [6.45, 7) is 6.08. The number of rotatable bonds is 3. The van der Waals surface area contributed by atoms with E-state index in [9.17, 15) is 9.90 Å². The van der Waals surface area contributed by atoms with E-state index in [-0.39, 0.29) is 6.03 Å². The summed E-state index contributed by atoms with van der Waals surface area (Å²) in [5.74, 6) is 0. The molecule has 1 atom stereocenters. The summed E-state index contributed by atoms with van der Waals surface area (Å²) in [6, 6.07) is 23.6. The lowest BCUT2D eigenvalue weighted by Gasteiger charge is -2.52. The fourth-order valence-electron chi connectivity index (χ4n) is 5.17. The maximum Gasteiger partial charge on any atom is 0.332 e. The summed E-state index contributed by atoms with van der Waals surface area (Å²) in [5, 5.41) is 12.6. The van der Waals surface area contributed by atoms with Gasteiger partial charge in [-0.1, -0.05) is 65.2 Å². The molecular weight excluding hydrogens is 384 g/mol. The van der Waals surface area contributed by atoms with Crippen LogP contribution in [0, 0.1) is 20.8 Å². The van der Waals surface area contributed by atoms with Crippen LogP contribution in [0.25, 0.3) is 0 Å². The highest BCUT2D eigenvalue weighted by atomic mass is 16.3. The van der Waals surface area contributed by atoms with Crippen LogP contribution in [0.2, 0.25) is 0 Å². The topological polar surface area (TPSA) is 43.8 Å². The van der Waals surface area contributed by atoms with E-state index in [1.807, 2.05) is 98.5 Å². The number of urea groups is 1. The van der Waals surface area contributed by atoms with E-state index in [4.69, 9.17) is 0 Å². The van der Waals surface area contributed by atoms with Gasteiger partial charge in [-0.05, 0) is 64.3 Å². The third kappa shape index (κ3) is 2.75. The zero-order chi connectivity index (χ0) is 21.8. The minimum Gasteiger partial charge on any atom is -0.364 e. The van der Waals surface area contributed by atoms with Crippen molar-refractivity contribution < 1.29 is 9.90 Å². The van der Waals surface area contributed by atoms with Crippen LogP contribution in [-0.2, 0) is 5.72 Å². The molecule has 1 unspecified atom stereocenters. The zero-order valence-corrected chi connectivity index (χ0v) is 18.3. The van der Waals surface area contributed by atoms with Gasteiger partial charge in [-0.25, -0.2) is 4.79 Å². The first-order valence-corrected chi connectivity index (χ1v) is 10.9. The van der Waals surface area contributed by atoms with Crippen molar-refractivity contribution in [3.05, 3.63) is 95.1 Å². The molecule has 0 radical (unpaired) electrons. The highest BCUT2D eigenvalue weighted by molar-refractivity contribution is 6.09. The summed E-state index contributed by atoms with van der Waals surface area (Å²) in [6.07, 6.45) is 2.48. The van der Waals surface area contributed by atoms with Crippen LogP contribution in [0.15, 0.2) is 72.8 Å². The Hall–Kier alpha value is -3.11. The number of anilines is 2. The van der Waals surface area contributed by atoms with Gasteiger partial charge in [-0.2, -0.15) is 0 Å². The Kier molecular flexibility index (Phi) is 4.45. The Balaban J connectivity index is 1.76. The van der Waals surface area contributed by atoms with Gasteiger partial charge in [0.2, 0.25) is 0 Å². The Morgan fingerprint density at radius 2 is 1.29 bits per heavy atom. The van der Waals surface area contributed by atoms with E-state index in [1.165, 1.54) is 0 Å². The van der Waals surface area contributed by atoms with E-state index in [0.29, 0.717) is 5.69 Å². The predicted octanol–water partition coefficient (Wildman–Crippen LogP) is 5.83. The second-order valence-corrected chi connectivity index (χ2v) is 9.05. The van der Waals surface area contributed by atoms with Gasteiger partial charge < -0.3 is 5.11 Å². The van der Waals surface area contributed by atoms with E-state index >= 15 is 0 Å². The van der Waals surface area contributed by atoms with Gasteiger partial charge in [-0.3, -0.25) is 9.80 Å². The van der Waals surface area contributed by atoms with Crippen LogP contribution in [0.1, 0.15) is 41.5 Å². The third-order valence-electron chi connectivity index (χ3n) is 6.97. The lowest BCUT2D eigenvalue weighted by Crippen LogP contribution is -2.63. The maximum absolute atomic E-state index is 14.1. The number of carbonyl (C=O) groups is 1. The van der Waals surface area contributed by atoms with Crippen molar-refractivity contribution in [3.63, 3.8) is 0 Å². The van der Waals surface area contributed by atoms with Gasteiger partial charge in [0.25, 0.3) is 0 Å². The molecule has 3 aromatic rings. The zero-order valence-electron chi connectivity index (χ0n) is 18.3. The maximum atomic E-state index is 14.1. The number of carbonyl (C=O) groups excluding carboxylic acids is 1. The predicted molar refractivity (Wildman–Crippen MR) is 124 cm³/mol. The summed E-state index contributed by atoms with van der Waals surface area (Å²) < 4.78 is 0. The lowest BCUT2D eigenvalue weighted by atomic mass is 9.66. The lowest BCUT2D eigenvalue weighted by molar-refractivity contribution is -0.0525. The van der Waals surface area contributed by atoms with E-state index < -0.39 is 11.3 Å². The number of hydrogen-bond acceptors (Lipinski definition) is 2. The first kappa shape index (κ1) is 19.8. The average Bonchev–Trinajstić information content (AvgIpc) is 2.94. The molecule has 1 saturated heterocycles. The normalized spacial score (nSPS) is 22.1. The van der Waals surface area contributed by atoms with Crippen LogP contribution in [0.4, 0.5) is 16.2 Å².